The Morgan fingerprint density at radius 3 is 2.00 bits per heavy atom. The molecule has 3 N–H and O–H groups in total. The fourth-order valence-electron chi connectivity index (χ4n) is 0.151. The van der Waals surface area contributed by atoms with Gasteiger partial charge in [0.1, 0.15) is 6.04 Å². The van der Waals surface area contributed by atoms with Crippen LogP contribution in [0.2, 0.25) is 0 Å². The summed E-state index contributed by atoms with van der Waals surface area (Å²) in [6.45, 7) is 0. The van der Waals surface area contributed by atoms with Crippen LogP contribution in [0.25, 0.3) is 0 Å². The van der Waals surface area contributed by atoms with Crippen LogP contribution in [0, 0.1) is 22.7 Å². The molecule has 0 radical (unpaired) electrons. The molecule has 0 spiro atoms. The van der Waals surface area contributed by atoms with Crippen LogP contribution in [0.3, 0.4) is 0 Å². The highest BCUT2D eigenvalue weighted by Crippen LogP contribution is 1.82. The second kappa shape index (κ2) is 2.98. The van der Waals surface area contributed by atoms with Gasteiger partial charge in [0.2, 0.25) is 0 Å². The molecule has 0 fully saturated rings. The third-order valence-electron chi connectivity index (χ3n) is 0.622. The molecule has 0 rings (SSSR count). The second-order valence-corrected chi connectivity index (χ2v) is 1.23. The van der Waals surface area contributed by atoms with E-state index in [0.29, 0.717) is 0 Å². The van der Waals surface area contributed by atoms with E-state index in [4.69, 9.17) is 21.4 Å². The summed E-state index contributed by atoms with van der Waals surface area (Å²) in [5.41, 5.74) is 4.89. The molecule has 2 atom stereocenters. The summed E-state index contributed by atoms with van der Waals surface area (Å²) in [4.78, 5) is 0. The van der Waals surface area contributed by atoms with E-state index in [1.165, 1.54) is 12.1 Å². The summed E-state index contributed by atoms with van der Waals surface area (Å²) in [5.74, 6) is 0. The maximum atomic E-state index is 8.42. The molecule has 0 unspecified atom stereocenters. The van der Waals surface area contributed by atoms with Crippen molar-refractivity contribution in [1.29, 1.82) is 10.5 Å². The minimum atomic E-state index is -1.36. The maximum absolute atomic E-state index is 8.42. The molecule has 0 aliphatic carbocycles. The van der Waals surface area contributed by atoms with Gasteiger partial charge in [0.25, 0.3) is 0 Å². The summed E-state index contributed by atoms with van der Waals surface area (Å²) < 4.78 is 0. The van der Waals surface area contributed by atoms with Crippen LogP contribution in [-0.2, 0) is 0 Å². The largest absolute Gasteiger partial charge is 0.375 e. The van der Waals surface area contributed by atoms with E-state index in [2.05, 4.69) is 0 Å². The van der Waals surface area contributed by atoms with Gasteiger partial charge in [0.05, 0.1) is 12.1 Å². The van der Waals surface area contributed by atoms with Crippen molar-refractivity contribution in [1.82, 2.24) is 0 Å². The fourth-order valence-corrected chi connectivity index (χ4v) is 0.151. The van der Waals surface area contributed by atoms with Crippen molar-refractivity contribution >= 4 is 0 Å². The molecule has 0 bridgehead atoms. The lowest BCUT2D eigenvalue weighted by atomic mass is 10.2. The van der Waals surface area contributed by atoms with Crippen molar-refractivity contribution in [2.75, 3.05) is 0 Å². The van der Waals surface area contributed by atoms with E-state index in [0.717, 1.165) is 0 Å². The van der Waals surface area contributed by atoms with Crippen molar-refractivity contribution in [3.05, 3.63) is 0 Å². The van der Waals surface area contributed by atoms with E-state index in [-0.39, 0.29) is 0 Å². The Bertz CT molecular complexity index is 124. The third kappa shape index (κ3) is 1.57. The minimum Gasteiger partial charge on any atom is -0.375 e. The van der Waals surface area contributed by atoms with Gasteiger partial charge in [-0.2, -0.15) is 10.5 Å². The quantitative estimate of drug-likeness (QED) is 0.412. The molecule has 0 aliphatic heterocycles. The normalized spacial score (nSPS) is 15.5. The van der Waals surface area contributed by atoms with E-state index >= 15 is 0 Å². The summed E-state index contributed by atoms with van der Waals surface area (Å²) in [6.07, 6.45) is -1.36. The monoisotopic (exact) mass is 111 g/mol. The Labute approximate surface area is 46.8 Å². The molecule has 0 aromatic carbocycles. The van der Waals surface area contributed by atoms with Crippen molar-refractivity contribution in [3.63, 3.8) is 0 Å². The molecule has 42 valence electrons. The average Bonchev–Trinajstić information content (AvgIpc) is 1.84. The predicted molar refractivity (Wildman–Crippen MR) is 25.2 cm³/mol. The smallest absolute Gasteiger partial charge is 0.168 e. The lowest BCUT2D eigenvalue weighted by Gasteiger charge is -1.99. The predicted octanol–water partition coefficient (Wildman–Crippen LogP) is -1.28. The highest BCUT2D eigenvalue weighted by Gasteiger charge is 2.10. The van der Waals surface area contributed by atoms with Gasteiger partial charge in [0.15, 0.2) is 6.10 Å². The SMILES string of the molecule is N#C[C@@H](O)[C@@H](N)C#N. The Balaban J connectivity index is 3.72. The molecule has 8 heavy (non-hydrogen) atoms. The van der Waals surface area contributed by atoms with Crippen LogP contribution in [0.15, 0.2) is 0 Å². The summed E-state index contributed by atoms with van der Waals surface area (Å²) in [6, 6.07) is 1.86. The highest BCUT2D eigenvalue weighted by atomic mass is 16.3. The van der Waals surface area contributed by atoms with Gasteiger partial charge in [-0.15, -0.1) is 0 Å². The van der Waals surface area contributed by atoms with E-state index < -0.39 is 12.1 Å². The zero-order valence-electron chi connectivity index (χ0n) is 4.07. The van der Waals surface area contributed by atoms with Gasteiger partial charge in [0, 0.05) is 0 Å². The van der Waals surface area contributed by atoms with Crippen molar-refractivity contribution in [2.45, 2.75) is 12.1 Å². The zero-order valence-corrected chi connectivity index (χ0v) is 4.07. The molecule has 0 aromatic heterocycles. The molecule has 4 nitrogen and oxygen atoms in total. The van der Waals surface area contributed by atoms with E-state index in [1.54, 1.807) is 0 Å². The van der Waals surface area contributed by atoms with Crippen LogP contribution >= 0.6 is 0 Å². The zero-order chi connectivity index (χ0) is 6.57. The Morgan fingerprint density at radius 2 is 1.88 bits per heavy atom. The number of nitriles is 2. The molecular weight excluding hydrogens is 106 g/mol. The van der Waals surface area contributed by atoms with Gasteiger partial charge in [-0.05, 0) is 0 Å². The highest BCUT2D eigenvalue weighted by molar-refractivity contribution is 5.01. The van der Waals surface area contributed by atoms with E-state index in [9.17, 15) is 0 Å². The second-order valence-electron chi connectivity index (χ2n) is 1.23. The van der Waals surface area contributed by atoms with Gasteiger partial charge < -0.3 is 10.8 Å². The topological polar surface area (TPSA) is 93.8 Å². The fraction of sp³-hybridized carbons (Fsp3) is 0.500. The first-order valence-electron chi connectivity index (χ1n) is 1.95. The van der Waals surface area contributed by atoms with Crippen molar-refractivity contribution in [3.8, 4) is 12.1 Å². The minimum absolute atomic E-state index is 1.08. The first-order chi connectivity index (χ1) is 3.72. The first kappa shape index (κ1) is 6.90. The maximum Gasteiger partial charge on any atom is 0.168 e. The van der Waals surface area contributed by atoms with Gasteiger partial charge in [-0.25, -0.2) is 0 Å². The molecule has 4 heteroatoms. The Morgan fingerprint density at radius 1 is 1.38 bits per heavy atom. The molecule has 0 saturated carbocycles. The van der Waals surface area contributed by atoms with Crippen molar-refractivity contribution in [2.24, 2.45) is 5.73 Å². The van der Waals surface area contributed by atoms with Crippen molar-refractivity contribution < 1.29 is 5.11 Å². The average molecular weight is 111 g/mol. The van der Waals surface area contributed by atoms with Gasteiger partial charge >= 0.3 is 0 Å². The van der Waals surface area contributed by atoms with Crippen LogP contribution < -0.4 is 5.73 Å². The lowest BCUT2D eigenvalue weighted by Crippen LogP contribution is -2.31. The number of hydrogen-bond donors (Lipinski definition) is 2. The van der Waals surface area contributed by atoms with E-state index in [1.807, 2.05) is 0 Å². The number of hydrogen-bond acceptors (Lipinski definition) is 4. The molecule has 0 aromatic rings. The molecule has 0 amide bonds. The molecular formula is C4H5N3O. The van der Waals surface area contributed by atoms with Crippen LogP contribution in [0.1, 0.15) is 0 Å². The number of aliphatic hydroxyl groups excluding tert-OH is 1. The van der Waals surface area contributed by atoms with Crippen LogP contribution in [0.5, 0.6) is 0 Å². The lowest BCUT2D eigenvalue weighted by molar-refractivity contribution is 0.218. The molecule has 0 heterocycles. The standard InChI is InChI=1S/C4H5N3O/c5-1-3(7)4(8)2-6/h3-4,8H,7H2/t3-,4+/m0/s1. The number of nitrogens with two attached hydrogens (primary N) is 1. The number of aliphatic hydroxyl groups is 1. The van der Waals surface area contributed by atoms with Crippen LogP contribution in [0.4, 0.5) is 0 Å². The Kier molecular flexibility index (Phi) is 2.57. The number of nitrogens with zero attached hydrogens (tertiary/aromatic N) is 2. The molecule has 0 saturated heterocycles. The van der Waals surface area contributed by atoms with Crippen LogP contribution in [-0.4, -0.2) is 17.3 Å². The Hall–Kier alpha value is -1.10. The van der Waals surface area contributed by atoms with Gasteiger partial charge in [-0.3, -0.25) is 0 Å². The molecule has 0 aliphatic rings. The number of rotatable bonds is 1. The van der Waals surface area contributed by atoms with Gasteiger partial charge in [-0.1, -0.05) is 0 Å². The summed E-state index contributed by atoms with van der Waals surface area (Å²) in [5, 5.41) is 24.3. The summed E-state index contributed by atoms with van der Waals surface area (Å²) in [7, 11) is 0. The summed E-state index contributed by atoms with van der Waals surface area (Å²) >= 11 is 0. The first-order valence-corrected chi connectivity index (χ1v) is 1.95. The third-order valence-corrected chi connectivity index (χ3v) is 0.622.